The number of hydrogen-bond acceptors (Lipinski definition) is 6. The van der Waals surface area contributed by atoms with Gasteiger partial charge in [-0.25, -0.2) is 0 Å². The summed E-state index contributed by atoms with van der Waals surface area (Å²) in [5.41, 5.74) is 2.12. The SMILES string of the molecule is CCn1c(SCC(=O)OCc2ccccc2C)nnc1-c1ccco1. The Balaban J connectivity index is 1.58. The molecule has 3 rings (SSSR count). The smallest absolute Gasteiger partial charge is 0.316 e. The number of benzene rings is 1. The van der Waals surface area contributed by atoms with Crippen molar-refractivity contribution in [1.82, 2.24) is 14.8 Å². The first-order valence-electron chi connectivity index (χ1n) is 7.99. The minimum Gasteiger partial charge on any atom is -0.461 e. The summed E-state index contributed by atoms with van der Waals surface area (Å²) in [6.07, 6.45) is 1.60. The fraction of sp³-hybridized carbons (Fsp3) is 0.278. The zero-order chi connectivity index (χ0) is 17.6. The van der Waals surface area contributed by atoms with E-state index in [4.69, 9.17) is 9.15 Å². The lowest BCUT2D eigenvalue weighted by Gasteiger charge is -2.08. The van der Waals surface area contributed by atoms with E-state index < -0.39 is 0 Å². The Morgan fingerprint density at radius 3 is 2.80 bits per heavy atom. The molecule has 0 aliphatic rings. The molecule has 1 aromatic carbocycles. The van der Waals surface area contributed by atoms with Crippen molar-refractivity contribution < 1.29 is 13.9 Å². The summed E-state index contributed by atoms with van der Waals surface area (Å²) in [7, 11) is 0. The van der Waals surface area contributed by atoms with Crippen LogP contribution in [0.25, 0.3) is 11.6 Å². The Kier molecular flexibility index (Phi) is 5.55. The number of carbonyl (C=O) groups excluding carboxylic acids is 1. The van der Waals surface area contributed by atoms with Crippen LogP contribution in [0, 0.1) is 6.92 Å². The fourth-order valence-electron chi connectivity index (χ4n) is 2.36. The Bertz CT molecular complexity index is 843. The van der Waals surface area contributed by atoms with Gasteiger partial charge in [0, 0.05) is 6.54 Å². The second kappa shape index (κ2) is 8.02. The van der Waals surface area contributed by atoms with Gasteiger partial charge in [0.25, 0.3) is 0 Å². The highest BCUT2D eigenvalue weighted by Gasteiger charge is 2.16. The molecule has 0 N–H and O–H groups in total. The van der Waals surface area contributed by atoms with Gasteiger partial charge in [0.1, 0.15) is 6.61 Å². The van der Waals surface area contributed by atoms with Gasteiger partial charge >= 0.3 is 5.97 Å². The molecule has 0 amide bonds. The van der Waals surface area contributed by atoms with Gasteiger partial charge in [0.05, 0.1) is 12.0 Å². The van der Waals surface area contributed by atoms with E-state index in [-0.39, 0.29) is 18.3 Å². The fourth-order valence-corrected chi connectivity index (χ4v) is 3.16. The number of carbonyl (C=O) groups is 1. The molecule has 0 aliphatic heterocycles. The van der Waals surface area contributed by atoms with Crippen molar-refractivity contribution in [2.75, 3.05) is 5.75 Å². The van der Waals surface area contributed by atoms with Crippen molar-refractivity contribution >= 4 is 17.7 Å². The van der Waals surface area contributed by atoms with Crippen molar-refractivity contribution in [3.05, 3.63) is 53.8 Å². The van der Waals surface area contributed by atoms with Crippen LogP contribution in [0.1, 0.15) is 18.1 Å². The number of ether oxygens (including phenoxy) is 1. The van der Waals surface area contributed by atoms with Crippen LogP contribution in [0.5, 0.6) is 0 Å². The van der Waals surface area contributed by atoms with E-state index in [1.165, 1.54) is 11.8 Å². The minimum absolute atomic E-state index is 0.183. The van der Waals surface area contributed by atoms with Crippen molar-refractivity contribution in [3.8, 4) is 11.6 Å². The molecule has 6 nitrogen and oxygen atoms in total. The molecule has 0 atom stereocenters. The predicted molar refractivity (Wildman–Crippen MR) is 95.1 cm³/mol. The predicted octanol–water partition coefficient (Wildman–Crippen LogP) is 3.70. The highest BCUT2D eigenvalue weighted by Crippen LogP contribution is 2.24. The highest BCUT2D eigenvalue weighted by atomic mass is 32.2. The van der Waals surface area contributed by atoms with Crippen LogP contribution in [0.15, 0.2) is 52.2 Å². The van der Waals surface area contributed by atoms with E-state index in [2.05, 4.69) is 10.2 Å². The quantitative estimate of drug-likeness (QED) is 0.474. The molecule has 0 saturated carbocycles. The van der Waals surface area contributed by atoms with Crippen LogP contribution < -0.4 is 0 Å². The maximum absolute atomic E-state index is 12.0. The van der Waals surface area contributed by atoms with Gasteiger partial charge in [0.15, 0.2) is 16.7 Å². The average molecular weight is 357 g/mol. The minimum atomic E-state index is -0.279. The lowest BCUT2D eigenvalue weighted by Crippen LogP contribution is -2.09. The Hall–Kier alpha value is -2.54. The second-order valence-corrected chi connectivity index (χ2v) is 6.35. The maximum Gasteiger partial charge on any atom is 0.316 e. The summed E-state index contributed by atoms with van der Waals surface area (Å²) in [5.74, 6) is 1.22. The van der Waals surface area contributed by atoms with Gasteiger partial charge in [-0.2, -0.15) is 0 Å². The van der Waals surface area contributed by atoms with E-state index in [9.17, 15) is 4.79 Å². The first-order valence-corrected chi connectivity index (χ1v) is 8.97. The number of nitrogens with zero attached hydrogens (tertiary/aromatic N) is 3. The number of aromatic nitrogens is 3. The van der Waals surface area contributed by atoms with Crippen LogP contribution in [0.4, 0.5) is 0 Å². The molecule has 0 bridgehead atoms. The largest absolute Gasteiger partial charge is 0.461 e. The molecule has 3 aromatic rings. The third-order valence-corrected chi connectivity index (χ3v) is 4.68. The number of thioether (sulfide) groups is 1. The van der Waals surface area contributed by atoms with Gasteiger partial charge in [-0.3, -0.25) is 9.36 Å². The first-order chi connectivity index (χ1) is 12.2. The topological polar surface area (TPSA) is 70.2 Å². The first kappa shape index (κ1) is 17.3. The molecule has 0 radical (unpaired) electrons. The van der Waals surface area contributed by atoms with Crippen molar-refractivity contribution in [2.45, 2.75) is 32.2 Å². The van der Waals surface area contributed by atoms with Crippen LogP contribution in [0.2, 0.25) is 0 Å². The van der Waals surface area contributed by atoms with E-state index in [0.717, 1.165) is 11.1 Å². The molecule has 0 unspecified atom stereocenters. The summed E-state index contributed by atoms with van der Waals surface area (Å²) in [6, 6.07) is 11.5. The summed E-state index contributed by atoms with van der Waals surface area (Å²) < 4.78 is 12.6. The van der Waals surface area contributed by atoms with Crippen molar-refractivity contribution in [3.63, 3.8) is 0 Å². The zero-order valence-corrected chi connectivity index (χ0v) is 15.0. The lowest BCUT2D eigenvalue weighted by molar-refractivity contribution is -0.141. The van der Waals surface area contributed by atoms with E-state index >= 15 is 0 Å². The number of esters is 1. The summed E-state index contributed by atoms with van der Waals surface area (Å²) in [4.78, 5) is 12.0. The zero-order valence-electron chi connectivity index (χ0n) is 14.1. The normalized spacial score (nSPS) is 10.8. The summed E-state index contributed by atoms with van der Waals surface area (Å²) in [6.45, 7) is 4.96. The van der Waals surface area contributed by atoms with Crippen LogP contribution in [-0.4, -0.2) is 26.5 Å². The third kappa shape index (κ3) is 4.11. The standard InChI is InChI=1S/C18H19N3O3S/c1-3-21-17(15-9-6-10-23-15)19-20-18(21)25-12-16(22)24-11-14-8-5-4-7-13(14)2/h4-10H,3,11-12H2,1-2H3. The summed E-state index contributed by atoms with van der Waals surface area (Å²) >= 11 is 1.31. The van der Waals surface area contributed by atoms with E-state index in [0.29, 0.717) is 23.3 Å². The van der Waals surface area contributed by atoms with Gasteiger partial charge in [-0.1, -0.05) is 36.0 Å². The molecule has 0 aliphatic carbocycles. The number of aryl methyl sites for hydroxylation is 1. The Labute approximate surface area is 150 Å². The Morgan fingerprint density at radius 2 is 2.08 bits per heavy atom. The van der Waals surface area contributed by atoms with Gasteiger partial charge in [-0.05, 0) is 37.1 Å². The number of rotatable bonds is 7. The number of hydrogen-bond donors (Lipinski definition) is 0. The van der Waals surface area contributed by atoms with Gasteiger partial charge in [0.2, 0.25) is 0 Å². The van der Waals surface area contributed by atoms with Gasteiger partial charge in [-0.15, -0.1) is 10.2 Å². The molecule has 130 valence electrons. The monoisotopic (exact) mass is 357 g/mol. The highest BCUT2D eigenvalue weighted by molar-refractivity contribution is 7.99. The van der Waals surface area contributed by atoms with Crippen molar-refractivity contribution in [1.29, 1.82) is 0 Å². The second-order valence-electron chi connectivity index (χ2n) is 5.40. The molecular weight excluding hydrogens is 338 g/mol. The molecule has 0 spiro atoms. The molecule has 2 heterocycles. The number of furan rings is 1. The molecule has 25 heavy (non-hydrogen) atoms. The maximum atomic E-state index is 12.0. The van der Waals surface area contributed by atoms with E-state index in [1.807, 2.05) is 48.7 Å². The molecular formula is C18H19N3O3S. The van der Waals surface area contributed by atoms with Crippen LogP contribution >= 0.6 is 11.8 Å². The summed E-state index contributed by atoms with van der Waals surface area (Å²) in [5, 5.41) is 8.98. The molecule has 0 saturated heterocycles. The van der Waals surface area contributed by atoms with Gasteiger partial charge < -0.3 is 9.15 Å². The lowest BCUT2D eigenvalue weighted by atomic mass is 10.1. The van der Waals surface area contributed by atoms with Crippen LogP contribution in [-0.2, 0) is 22.7 Å². The Morgan fingerprint density at radius 1 is 1.24 bits per heavy atom. The molecule has 0 fully saturated rings. The van der Waals surface area contributed by atoms with E-state index in [1.54, 1.807) is 12.3 Å². The molecule has 2 aromatic heterocycles. The molecule has 7 heteroatoms. The van der Waals surface area contributed by atoms with Crippen LogP contribution in [0.3, 0.4) is 0 Å². The van der Waals surface area contributed by atoms with Crippen molar-refractivity contribution in [2.24, 2.45) is 0 Å². The third-order valence-electron chi connectivity index (χ3n) is 3.74. The average Bonchev–Trinajstić information content (AvgIpc) is 3.28.